The fourth-order valence-electron chi connectivity index (χ4n) is 0.961. The van der Waals surface area contributed by atoms with Crippen LogP contribution in [0.5, 0.6) is 0 Å². The van der Waals surface area contributed by atoms with Gasteiger partial charge in [0.1, 0.15) is 18.3 Å². The Morgan fingerprint density at radius 2 is 1.62 bits per heavy atom. The van der Waals surface area contributed by atoms with E-state index in [0.717, 1.165) is 0 Å². The van der Waals surface area contributed by atoms with Gasteiger partial charge in [0.15, 0.2) is 6.10 Å². The summed E-state index contributed by atoms with van der Waals surface area (Å²) in [6, 6.07) is 0. The molecule has 96 valence electrons. The van der Waals surface area contributed by atoms with Gasteiger partial charge < -0.3 is 36.0 Å². The maximum Gasteiger partial charge on any atom is 0.251 e. The lowest BCUT2D eigenvalue weighted by atomic mass is 10.0. The molecule has 0 aromatic rings. The number of amides is 1. The molecule has 0 aromatic heterocycles. The molecule has 0 fully saturated rings. The molecule has 16 heavy (non-hydrogen) atoms. The molecule has 7 N–H and O–H groups in total. The van der Waals surface area contributed by atoms with E-state index < -0.39 is 36.9 Å². The molecule has 0 bridgehead atoms. The fourth-order valence-corrected chi connectivity index (χ4v) is 0.961. The number of aliphatic hydroxyl groups excluding tert-OH is 6. The summed E-state index contributed by atoms with van der Waals surface area (Å²) >= 11 is 0. The Balaban J connectivity index is 4.25. The maximum atomic E-state index is 11.1. The highest BCUT2D eigenvalue weighted by Crippen LogP contribution is 2.05. The van der Waals surface area contributed by atoms with E-state index in [1.165, 1.54) is 0 Å². The standard InChI is InChI=1S/C8H17NO7/c10-2-1-9-8(16)7(15)6(14)5(13)4(12)3-11/h4-7,10-15H,1-3H2,(H,9,16). The van der Waals surface area contributed by atoms with Gasteiger partial charge >= 0.3 is 0 Å². The van der Waals surface area contributed by atoms with Gasteiger partial charge in [-0.2, -0.15) is 0 Å². The number of carbonyl (C=O) groups is 1. The number of hydrogen-bond donors (Lipinski definition) is 7. The number of carbonyl (C=O) groups excluding carboxylic acids is 1. The number of rotatable bonds is 7. The van der Waals surface area contributed by atoms with E-state index in [1.807, 2.05) is 0 Å². The van der Waals surface area contributed by atoms with Gasteiger partial charge in [-0.05, 0) is 0 Å². The average molecular weight is 239 g/mol. The lowest BCUT2D eigenvalue weighted by Gasteiger charge is -2.24. The Kier molecular flexibility index (Phi) is 7.13. The predicted molar refractivity (Wildman–Crippen MR) is 51.2 cm³/mol. The van der Waals surface area contributed by atoms with Crippen LogP contribution in [0, 0.1) is 0 Å². The van der Waals surface area contributed by atoms with Crippen LogP contribution in [0.4, 0.5) is 0 Å². The molecule has 0 aromatic carbocycles. The Hall–Kier alpha value is -0.770. The van der Waals surface area contributed by atoms with Gasteiger partial charge in [-0.3, -0.25) is 4.79 Å². The van der Waals surface area contributed by atoms with Crippen LogP contribution in [-0.4, -0.2) is 80.7 Å². The van der Waals surface area contributed by atoms with Crippen molar-refractivity contribution in [1.29, 1.82) is 0 Å². The highest BCUT2D eigenvalue weighted by Gasteiger charge is 2.33. The molecule has 1 amide bonds. The molecule has 0 aliphatic heterocycles. The summed E-state index contributed by atoms with van der Waals surface area (Å²) in [7, 11) is 0. The lowest BCUT2D eigenvalue weighted by Crippen LogP contribution is -2.51. The molecule has 8 nitrogen and oxygen atoms in total. The van der Waals surface area contributed by atoms with Gasteiger partial charge in [0, 0.05) is 6.54 Å². The second-order valence-electron chi connectivity index (χ2n) is 3.19. The molecule has 0 saturated heterocycles. The van der Waals surface area contributed by atoms with E-state index in [2.05, 4.69) is 5.32 Å². The number of nitrogens with one attached hydrogen (secondary N) is 1. The third kappa shape index (κ3) is 4.39. The van der Waals surface area contributed by atoms with Crippen molar-refractivity contribution < 1.29 is 35.4 Å². The quantitative estimate of drug-likeness (QED) is 0.237. The minimum absolute atomic E-state index is 0.110. The molecule has 0 rings (SSSR count). The Bertz CT molecular complexity index is 213. The summed E-state index contributed by atoms with van der Waals surface area (Å²) in [5.74, 6) is -0.995. The molecule has 4 unspecified atom stereocenters. The smallest absolute Gasteiger partial charge is 0.251 e. The summed E-state index contributed by atoms with van der Waals surface area (Å²) in [5.41, 5.74) is 0. The second kappa shape index (κ2) is 7.49. The molecule has 4 atom stereocenters. The molecular formula is C8H17NO7. The number of hydrogen-bond acceptors (Lipinski definition) is 7. The molecule has 0 heterocycles. The van der Waals surface area contributed by atoms with E-state index in [9.17, 15) is 20.1 Å². The third-order valence-corrected chi connectivity index (χ3v) is 1.93. The van der Waals surface area contributed by atoms with Crippen LogP contribution in [0.3, 0.4) is 0 Å². The molecule has 0 saturated carbocycles. The summed E-state index contributed by atoms with van der Waals surface area (Å²) in [6.45, 7) is -1.26. The highest BCUT2D eigenvalue weighted by molar-refractivity contribution is 5.81. The zero-order valence-electron chi connectivity index (χ0n) is 8.52. The monoisotopic (exact) mass is 239 g/mol. The first kappa shape index (κ1) is 15.2. The number of aliphatic hydroxyl groups is 6. The van der Waals surface area contributed by atoms with E-state index in [4.69, 9.17) is 15.3 Å². The minimum Gasteiger partial charge on any atom is -0.395 e. The molecule has 8 heteroatoms. The normalized spacial score (nSPS) is 18.6. The van der Waals surface area contributed by atoms with E-state index in [0.29, 0.717) is 0 Å². The van der Waals surface area contributed by atoms with Crippen molar-refractivity contribution in [1.82, 2.24) is 5.32 Å². The van der Waals surface area contributed by atoms with Crippen LogP contribution in [0.1, 0.15) is 0 Å². The first-order valence-electron chi connectivity index (χ1n) is 4.67. The minimum atomic E-state index is -1.96. The zero-order chi connectivity index (χ0) is 12.7. The van der Waals surface area contributed by atoms with Crippen molar-refractivity contribution in [2.24, 2.45) is 0 Å². The van der Waals surface area contributed by atoms with Gasteiger partial charge in [-0.25, -0.2) is 0 Å². The van der Waals surface area contributed by atoms with Crippen molar-refractivity contribution in [3.63, 3.8) is 0 Å². The summed E-state index contributed by atoms with van der Waals surface area (Å²) in [6.07, 6.45) is -7.39. The molecule has 0 spiro atoms. The van der Waals surface area contributed by atoms with Crippen LogP contribution in [0.2, 0.25) is 0 Å². The van der Waals surface area contributed by atoms with Crippen LogP contribution < -0.4 is 5.32 Å². The van der Waals surface area contributed by atoms with Gasteiger partial charge in [0.05, 0.1) is 13.2 Å². The van der Waals surface area contributed by atoms with Crippen molar-refractivity contribution in [2.75, 3.05) is 19.8 Å². The zero-order valence-corrected chi connectivity index (χ0v) is 8.52. The van der Waals surface area contributed by atoms with E-state index >= 15 is 0 Å². The second-order valence-corrected chi connectivity index (χ2v) is 3.19. The van der Waals surface area contributed by atoms with Crippen LogP contribution in [-0.2, 0) is 4.79 Å². The van der Waals surface area contributed by atoms with Gasteiger partial charge in [0.25, 0.3) is 5.91 Å². The Morgan fingerprint density at radius 3 is 2.06 bits per heavy atom. The summed E-state index contributed by atoms with van der Waals surface area (Å²) < 4.78 is 0. The first-order chi connectivity index (χ1) is 7.45. The molecule has 0 aliphatic carbocycles. The molecular weight excluding hydrogens is 222 g/mol. The lowest BCUT2D eigenvalue weighted by molar-refractivity contribution is -0.149. The van der Waals surface area contributed by atoms with E-state index in [-0.39, 0.29) is 13.2 Å². The van der Waals surface area contributed by atoms with Crippen molar-refractivity contribution in [2.45, 2.75) is 24.4 Å². The van der Waals surface area contributed by atoms with Gasteiger partial charge in [-0.15, -0.1) is 0 Å². The molecule has 0 radical (unpaired) electrons. The predicted octanol–water partition coefficient (Wildman–Crippen LogP) is -4.47. The average Bonchev–Trinajstić information content (AvgIpc) is 2.31. The topological polar surface area (TPSA) is 150 Å². The third-order valence-electron chi connectivity index (χ3n) is 1.93. The van der Waals surface area contributed by atoms with Crippen LogP contribution >= 0.6 is 0 Å². The molecule has 0 aliphatic rings. The Labute approximate surface area is 91.8 Å². The van der Waals surface area contributed by atoms with Crippen molar-refractivity contribution in [3.05, 3.63) is 0 Å². The van der Waals surface area contributed by atoms with Crippen molar-refractivity contribution >= 4 is 5.91 Å². The van der Waals surface area contributed by atoms with Crippen molar-refractivity contribution in [3.8, 4) is 0 Å². The first-order valence-corrected chi connectivity index (χ1v) is 4.67. The largest absolute Gasteiger partial charge is 0.395 e. The van der Waals surface area contributed by atoms with Gasteiger partial charge in [-0.1, -0.05) is 0 Å². The SMILES string of the molecule is O=C(NCCO)C(O)C(O)C(O)C(O)CO. The van der Waals surface area contributed by atoms with Gasteiger partial charge in [0.2, 0.25) is 0 Å². The van der Waals surface area contributed by atoms with Crippen LogP contribution in [0.15, 0.2) is 0 Å². The maximum absolute atomic E-state index is 11.1. The fraction of sp³-hybridized carbons (Fsp3) is 0.875. The van der Waals surface area contributed by atoms with E-state index in [1.54, 1.807) is 0 Å². The highest BCUT2D eigenvalue weighted by atomic mass is 16.4. The summed E-state index contributed by atoms with van der Waals surface area (Å²) in [5, 5.41) is 55.6. The Morgan fingerprint density at radius 1 is 1.06 bits per heavy atom. The summed E-state index contributed by atoms with van der Waals surface area (Å²) in [4.78, 5) is 11.1. The van der Waals surface area contributed by atoms with Crippen LogP contribution in [0.25, 0.3) is 0 Å².